The first-order valence-electron chi connectivity index (χ1n) is 7.87. The second kappa shape index (κ2) is 6.48. The van der Waals surface area contributed by atoms with Crippen LogP contribution in [0.5, 0.6) is 0 Å². The van der Waals surface area contributed by atoms with Crippen molar-refractivity contribution < 1.29 is 13.6 Å². The maximum atomic E-state index is 13.1. The molecule has 0 radical (unpaired) electrons. The monoisotopic (exact) mass is 317 g/mol. The Labute approximate surface area is 134 Å². The summed E-state index contributed by atoms with van der Waals surface area (Å²) in [6, 6.07) is 4.37. The Hall–Kier alpha value is -2.24. The molecule has 0 saturated heterocycles. The van der Waals surface area contributed by atoms with Crippen LogP contribution in [0.15, 0.2) is 22.6 Å². The molecule has 1 amide bonds. The highest BCUT2D eigenvalue weighted by atomic mass is 19.1. The molecule has 1 saturated carbocycles. The van der Waals surface area contributed by atoms with E-state index in [9.17, 15) is 9.18 Å². The molecule has 2 atom stereocenters. The lowest BCUT2D eigenvalue weighted by Gasteiger charge is -2.14. The lowest BCUT2D eigenvalue weighted by Crippen LogP contribution is -2.33. The topological polar surface area (TPSA) is 68.0 Å². The van der Waals surface area contributed by atoms with Crippen LogP contribution in [-0.2, 0) is 6.42 Å². The van der Waals surface area contributed by atoms with Crippen LogP contribution in [-0.4, -0.2) is 22.1 Å². The zero-order valence-corrected chi connectivity index (χ0v) is 13.3. The van der Waals surface area contributed by atoms with Crippen LogP contribution in [0.25, 0.3) is 0 Å². The van der Waals surface area contributed by atoms with E-state index in [0.717, 1.165) is 25.7 Å². The van der Waals surface area contributed by atoms with Crippen molar-refractivity contribution in [2.75, 3.05) is 0 Å². The molecule has 1 aromatic heterocycles. The minimum Gasteiger partial charge on any atom is -0.426 e. The fourth-order valence-electron chi connectivity index (χ4n) is 3.20. The number of aromatic nitrogens is 2. The number of nitrogens with zero attached hydrogens (tertiary/aromatic N) is 2. The van der Waals surface area contributed by atoms with Gasteiger partial charge in [-0.25, -0.2) is 4.39 Å². The second-order valence-electron chi connectivity index (χ2n) is 6.23. The Bertz CT molecular complexity index is 714. The molecular weight excluding hydrogens is 297 g/mol. The van der Waals surface area contributed by atoms with Gasteiger partial charge in [0.1, 0.15) is 5.82 Å². The molecule has 1 aliphatic rings. The fourth-order valence-corrected chi connectivity index (χ4v) is 3.20. The molecule has 1 heterocycles. The molecule has 1 N–H and O–H groups in total. The lowest BCUT2D eigenvalue weighted by atomic mass is 10.0. The molecule has 122 valence electrons. The van der Waals surface area contributed by atoms with Gasteiger partial charge < -0.3 is 9.73 Å². The van der Waals surface area contributed by atoms with E-state index in [1.807, 2.05) is 0 Å². The Balaban J connectivity index is 1.56. The standard InChI is InChI=1S/C17H20FN3O2/c1-10-7-13(18)4-6-15(10)17(22)19-14-5-3-12(8-14)9-16-21-20-11(2)23-16/h4,6-7,12,14H,3,5,8-9H2,1-2H3,(H,19,22)/t12-,14+/m1/s1. The summed E-state index contributed by atoms with van der Waals surface area (Å²) in [5.41, 5.74) is 1.18. The van der Waals surface area contributed by atoms with E-state index in [1.165, 1.54) is 18.2 Å². The van der Waals surface area contributed by atoms with Crippen molar-refractivity contribution in [2.45, 2.75) is 45.6 Å². The first-order valence-corrected chi connectivity index (χ1v) is 7.87. The molecule has 6 heteroatoms. The summed E-state index contributed by atoms with van der Waals surface area (Å²) in [7, 11) is 0. The van der Waals surface area contributed by atoms with Gasteiger partial charge in [-0.1, -0.05) is 0 Å². The summed E-state index contributed by atoms with van der Waals surface area (Å²) in [5.74, 6) is 1.22. The second-order valence-corrected chi connectivity index (χ2v) is 6.23. The predicted octanol–water partition coefficient (Wildman–Crippen LogP) is 2.97. The van der Waals surface area contributed by atoms with Crippen molar-refractivity contribution in [1.82, 2.24) is 15.5 Å². The number of aryl methyl sites for hydroxylation is 2. The van der Waals surface area contributed by atoms with E-state index in [0.29, 0.717) is 28.8 Å². The number of rotatable bonds is 4. The van der Waals surface area contributed by atoms with E-state index >= 15 is 0 Å². The zero-order chi connectivity index (χ0) is 16.4. The largest absolute Gasteiger partial charge is 0.426 e. The average molecular weight is 317 g/mol. The molecule has 0 aliphatic heterocycles. The lowest BCUT2D eigenvalue weighted by molar-refractivity contribution is 0.0936. The molecule has 23 heavy (non-hydrogen) atoms. The SMILES string of the molecule is Cc1nnc(C[C@@H]2CC[C@H](NC(=O)c3ccc(F)cc3C)C2)o1. The predicted molar refractivity (Wildman–Crippen MR) is 82.5 cm³/mol. The molecule has 3 rings (SSSR count). The quantitative estimate of drug-likeness (QED) is 0.941. The van der Waals surface area contributed by atoms with Crippen LogP contribution < -0.4 is 5.32 Å². The van der Waals surface area contributed by atoms with Crippen molar-refractivity contribution in [2.24, 2.45) is 5.92 Å². The van der Waals surface area contributed by atoms with Crippen molar-refractivity contribution >= 4 is 5.91 Å². The summed E-state index contributed by atoms with van der Waals surface area (Å²) < 4.78 is 18.5. The van der Waals surface area contributed by atoms with Gasteiger partial charge in [0.15, 0.2) is 0 Å². The first kappa shape index (κ1) is 15.6. The molecule has 1 aliphatic carbocycles. The molecule has 0 spiro atoms. The van der Waals surface area contributed by atoms with E-state index in [1.54, 1.807) is 13.8 Å². The molecular formula is C17H20FN3O2. The average Bonchev–Trinajstić information content (AvgIpc) is 3.08. The van der Waals surface area contributed by atoms with Crippen molar-refractivity contribution in [3.05, 3.63) is 46.9 Å². The number of benzene rings is 1. The van der Waals surface area contributed by atoms with Crippen LogP contribution in [0.1, 0.15) is 47.0 Å². The van der Waals surface area contributed by atoms with E-state index in [-0.39, 0.29) is 17.8 Å². The molecule has 0 bridgehead atoms. The molecule has 2 aromatic rings. The van der Waals surface area contributed by atoms with Crippen molar-refractivity contribution in [3.8, 4) is 0 Å². The number of hydrogen-bond donors (Lipinski definition) is 1. The number of amides is 1. The van der Waals surface area contributed by atoms with E-state index < -0.39 is 0 Å². The van der Waals surface area contributed by atoms with Gasteiger partial charge in [-0.3, -0.25) is 4.79 Å². The summed E-state index contributed by atoms with van der Waals surface area (Å²) in [6.45, 7) is 3.52. The zero-order valence-electron chi connectivity index (χ0n) is 13.3. The third kappa shape index (κ3) is 3.75. The van der Waals surface area contributed by atoms with E-state index in [2.05, 4.69) is 15.5 Å². The van der Waals surface area contributed by atoms with Gasteiger partial charge in [-0.15, -0.1) is 10.2 Å². The van der Waals surface area contributed by atoms with Crippen LogP contribution in [0.3, 0.4) is 0 Å². The maximum absolute atomic E-state index is 13.1. The number of carbonyl (C=O) groups is 1. The van der Waals surface area contributed by atoms with Crippen LogP contribution >= 0.6 is 0 Å². The number of nitrogens with one attached hydrogen (secondary N) is 1. The van der Waals surface area contributed by atoms with Crippen LogP contribution in [0.4, 0.5) is 4.39 Å². The molecule has 1 aromatic carbocycles. The third-order valence-corrected chi connectivity index (χ3v) is 4.34. The number of halogens is 1. The first-order chi connectivity index (χ1) is 11.0. The number of hydrogen-bond acceptors (Lipinski definition) is 4. The Morgan fingerprint density at radius 1 is 1.35 bits per heavy atom. The molecule has 1 fully saturated rings. The summed E-state index contributed by atoms with van der Waals surface area (Å²) in [5, 5.41) is 10.9. The van der Waals surface area contributed by atoms with E-state index in [4.69, 9.17) is 4.42 Å². The summed E-state index contributed by atoms with van der Waals surface area (Å²) >= 11 is 0. The third-order valence-electron chi connectivity index (χ3n) is 4.34. The Morgan fingerprint density at radius 3 is 2.87 bits per heavy atom. The van der Waals surface area contributed by atoms with Gasteiger partial charge in [-0.05, 0) is 55.9 Å². The van der Waals surface area contributed by atoms with Crippen LogP contribution in [0, 0.1) is 25.6 Å². The highest BCUT2D eigenvalue weighted by Gasteiger charge is 2.28. The maximum Gasteiger partial charge on any atom is 0.251 e. The molecule has 0 unspecified atom stereocenters. The smallest absolute Gasteiger partial charge is 0.251 e. The highest BCUT2D eigenvalue weighted by Crippen LogP contribution is 2.28. The highest BCUT2D eigenvalue weighted by molar-refractivity contribution is 5.95. The van der Waals surface area contributed by atoms with Gasteiger partial charge in [0.25, 0.3) is 5.91 Å². The Morgan fingerprint density at radius 2 is 2.17 bits per heavy atom. The van der Waals surface area contributed by atoms with Crippen molar-refractivity contribution in [1.29, 1.82) is 0 Å². The molecule has 5 nitrogen and oxygen atoms in total. The van der Waals surface area contributed by atoms with Crippen LogP contribution in [0.2, 0.25) is 0 Å². The number of carbonyl (C=O) groups excluding carboxylic acids is 1. The Kier molecular flexibility index (Phi) is 4.41. The minimum atomic E-state index is -0.324. The van der Waals surface area contributed by atoms with Gasteiger partial charge >= 0.3 is 0 Å². The summed E-state index contributed by atoms with van der Waals surface area (Å²) in [6.07, 6.45) is 3.61. The minimum absolute atomic E-state index is 0.137. The van der Waals surface area contributed by atoms with Gasteiger partial charge in [0, 0.05) is 24.9 Å². The fraction of sp³-hybridized carbons (Fsp3) is 0.471. The van der Waals surface area contributed by atoms with Gasteiger partial charge in [0.2, 0.25) is 11.8 Å². The van der Waals surface area contributed by atoms with Gasteiger partial charge in [0.05, 0.1) is 0 Å². The summed E-state index contributed by atoms with van der Waals surface area (Å²) in [4.78, 5) is 12.3. The normalized spacial score (nSPS) is 20.7. The van der Waals surface area contributed by atoms with Crippen molar-refractivity contribution in [3.63, 3.8) is 0 Å². The van der Waals surface area contributed by atoms with Gasteiger partial charge in [-0.2, -0.15) is 0 Å².